The zero-order valence-corrected chi connectivity index (χ0v) is 19.1. The third kappa shape index (κ3) is 2.48. The van der Waals surface area contributed by atoms with Crippen molar-refractivity contribution in [2.75, 3.05) is 12.0 Å². The van der Waals surface area contributed by atoms with Gasteiger partial charge in [0.25, 0.3) is 0 Å². The van der Waals surface area contributed by atoms with Gasteiger partial charge in [-0.1, -0.05) is 25.5 Å². The second-order valence-corrected chi connectivity index (χ2v) is 12.4. The van der Waals surface area contributed by atoms with E-state index in [0.29, 0.717) is 6.42 Å². The van der Waals surface area contributed by atoms with Crippen LogP contribution in [0.5, 0.6) is 0 Å². The number of carbonyl (C=O) groups is 1. The maximum absolute atomic E-state index is 17.0. The quantitative estimate of drug-likeness (QED) is 0.600. The maximum atomic E-state index is 17.0. The van der Waals surface area contributed by atoms with Gasteiger partial charge in [0.1, 0.15) is 0 Å². The van der Waals surface area contributed by atoms with Crippen LogP contribution in [0.25, 0.3) is 0 Å². The summed E-state index contributed by atoms with van der Waals surface area (Å²) in [7, 11) is 0. The highest BCUT2D eigenvalue weighted by Crippen LogP contribution is 2.73. The van der Waals surface area contributed by atoms with Crippen LogP contribution in [0, 0.1) is 22.7 Å². The number of aliphatic hydroxyl groups is 1. The zero-order valence-electron chi connectivity index (χ0n) is 17.5. The number of aliphatic hydroxyl groups excluding tert-OH is 1. The number of carbonyl (C=O) groups excluding carboxylic acids is 1. The summed E-state index contributed by atoms with van der Waals surface area (Å²) in [6.07, 6.45) is 11.3. The van der Waals surface area contributed by atoms with Gasteiger partial charge in [-0.2, -0.15) is 0 Å². The van der Waals surface area contributed by atoms with Crippen LogP contribution in [0.15, 0.2) is 23.8 Å². The van der Waals surface area contributed by atoms with Crippen LogP contribution >= 0.6 is 23.5 Å². The summed E-state index contributed by atoms with van der Waals surface area (Å²) >= 11 is 3.96. The Labute approximate surface area is 177 Å². The van der Waals surface area contributed by atoms with Crippen LogP contribution in [-0.4, -0.2) is 38.8 Å². The van der Waals surface area contributed by atoms with Gasteiger partial charge in [-0.15, -0.1) is 23.5 Å². The number of rotatable bonds is 4. The van der Waals surface area contributed by atoms with Crippen LogP contribution in [0.3, 0.4) is 0 Å². The lowest BCUT2D eigenvalue weighted by molar-refractivity contribution is -0.189. The van der Waals surface area contributed by atoms with E-state index in [-0.39, 0.29) is 27.1 Å². The van der Waals surface area contributed by atoms with E-state index in [9.17, 15) is 9.90 Å². The molecule has 0 amide bonds. The fourth-order valence-electron chi connectivity index (χ4n) is 7.06. The van der Waals surface area contributed by atoms with Gasteiger partial charge in [-0.3, -0.25) is 4.79 Å². The summed E-state index contributed by atoms with van der Waals surface area (Å²) in [5, 5.41) is 11.4. The van der Waals surface area contributed by atoms with Gasteiger partial charge >= 0.3 is 0 Å². The second kappa shape index (κ2) is 6.88. The van der Waals surface area contributed by atoms with Crippen molar-refractivity contribution in [2.24, 2.45) is 22.7 Å². The lowest BCUT2D eigenvalue weighted by atomic mass is 9.46. The van der Waals surface area contributed by atoms with Crippen molar-refractivity contribution in [1.82, 2.24) is 0 Å². The number of halogens is 1. The van der Waals surface area contributed by atoms with E-state index in [0.717, 1.165) is 43.4 Å². The zero-order chi connectivity index (χ0) is 20.4. The standard InChI is InChI=1S/C23H33FO2S2/c1-5-12-28-22(27-4)11-9-17-18-7-6-15-13-16(25)8-10-20(15,2)23(18,24)19(26)14-21(17,22)3/h8,10,13,17-19,26H,5-7,9,11-12,14H2,1-4H3/t17-,18-,19?,20-,21-,22?,23+/m0/s1. The van der Waals surface area contributed by atoms with E-state index in [2.05, 4.69) is 20.1 Å². The van der Waals surface area contributed by atoms with E-state index in [1.165, 1.54) is 6.08 Å². The van der Waals surface area contributed by atoms with Gasteiger partial charge in [0.05, 0.1) is 10.2 Å². The fraction of sp³-hybridized carbons (Fsp3) is 0.783. The summed E-state index contributed by atoms with van der Waals surface area (Å²) in [5.41, 5.74) is -1.76. The number of fused-ring (bicyclic) bond motifs is 5. The highest BCUT2D eigenvalue weighted by Gasteiger charge is 2.72. The molecule has 5 heteroatoms. The molecule has 7 atom stereocenters. The molecule has 0 aromatic carbocycles. The van der Waals surface area contributed by atoms with Gasteiger partial charge in [0, 0.05) is 11.3 Å². The minimum absolute atomic E-state index is 0.0529. The van der Waals surface area contributed by atoms with E-state index in [1.54, 1.807) is 12.2 Å². The lowest BCUT2D eigenvalue weighted by Gasteiger charge is -2.63. The average Bonchev–Trinajstić information content (AvgIpc) is 2.94. The molecule has 3 fully saturated rings. The number of ketones is 1. The number of hydrogen-bond donors (Lipinski definition) is 1. The fourth-order valence-corrected chi connectivity index (χ4v) is 10.2. The minimum Gasteiger partial charge on any atom is -0.390 e. The molecule has 1 N–H and O–H groups in total. The minimum atomic E-state index is -1.69. The molecule has 2 unspecified atom stereocenters. The Balaban J connectivity index is 1.76. The van der Waals surface area contributed by atoms with E-state index in [1.807, 2.05) is 30.4 Å². The Morgan fingerprint density at radius 2 is 2.04 bits per heavy atom. The van der Waals surface area contributed by atoms with Gasteiger partial charge in [0.2, 0.25) is 0 Å². The van der Waals surface area contributed by atoms with Crippen LogP contribution in [-0.2, 0) is 4.79 Å². The SMILES string of the molecule is CCCSC1(SC)CC[C@H]2[C@@H]3CCC4=CC(=O)C=C[C@]4(C)[C@]3(F)C(O)C[C@@]21C. The van der Waals surface area contributed by atoms with Crippen molar-refractivity contribution < 1.29 is 14.3 Å². The van der Waals surface area contributed by atoms with Gasteiger partial charge < -0.3 is 5.11 Å². The highest BCUT2D eigenvalue weighted by atomic mass is 32.2. The van der Waals surface area contributed by atoms with Gasteiger partial charge in [0.15, 0.2) is 11.5 Å². The number of allylic oxidation sites excluding steroid dienone is 4. The lowest BCUT2D eigenvalue weighted by Crippen LogP contribution is -2.67. The molecule has 4 aliphatic carbocycles. The van der Waals surface area contributed by atoms with Crippen LogP contribution in [0.4, 0.5) is 4.39 Å². The summed E-state index contributed by atoms with van der Waals surface area (Å²) in [4.78, 5) is 11.9. The number of alkyl halides is 1. The molecular weight excluding hydrogens is 391 g/mol. The topological polar surface area (TPSA) is 37.3 Å². The molecule has 0 aromatic heterocycles. The molecule has 4 aliphatic rings. The Kier molecular flexibility index (Phi) is 5.16. The highest BCUT2D eigenvalue weighted by molar-refractivity contribution is 8.18. The molecule has 3 saturated carbocycles. The molecular formula is C23H33FO2S2. The molecule has 4 rings (SSSR count). The molecule has 28 heavy (non-hydrogen) atoms. The molecule has 0 saturated heterocycles. The first-order valence-electron chi connectivity index (χ1n) is 10.7. The Morgan fingerprint density at radius 1 is 1.29 bits per heavy atom. The van der Waals surface area contributed by atoms with Crippen molar-refractivity contribution in [3.63, 3.8) is 0 Å². The Morgan fingerprint density at radius 3 is 2.71 bits per heavy atom. The predicted molar refractivity (Wildman–Crippen MR) is 117 cm³/mol. The van der Waals surface area contributed by atoms with Gasteiger partial charge in [-0.05, 0) is 80.9 Å². The monoisotopic (exact) mass is 424 g/mol. The molecule has 0 aliphatic heterocycles. The normalized spacial score (nSPS) is 50.0. The van der Waals surface area contributed by atoms with Crippen molar-refractivity contribution in [1.29, 1.82) is 0 Å². The summed E-state index contributed by atoms with van der Waals surface area (Å²) in [5.74, 6) is 1.18. The van der Waals surface area contributed by atoms with E-state index < -0.39 is 17.2 Å². The van der Waals surface area contributed by atoms with Crippen LogP contribution < -0.4 is 0 Å². The first-order valence-corrected chi connectivity index (χ1v) is 12.9. The third-order valence-electron chi connectivity index (χ3n) is 8.55. The first kappa shape index (κ1) is 21.0. The van der Waals surface area contributed by atoms with Crippen molar-refractivity contribution in [2.45, 2.75) is 75.1 Å². The predicted octanol–water partition coefficient (Wildman–Crippen LogP) is 5.56. The Bertz CT molecular complexity index is 736. The van der Waals surface area contributed by atoms with Crippen molar-refractivity contribution in [3.05, 3.63) is 23.8 Å². The molecule has 0 radical (unpaired) electrons. The van der Waals surface area contributed by atoms with Gasteiger partial charge in [-0.25, -0.2) is 4.39 Å². The molecule has 0 spiro atoms. The van der Waals surface area contributed by atoms with Crippen LogP contribution in [0.1, 0.15) is 59.3 Å². The molecule has 0 aromatic rings. The average molecular weight is 425 g/mol. The Hall–Kier alpha value is -0.260. The number of hydrogen-bond acceptors (Lipinski definition) is 4. The van der Waals surface area contributed by atoms with Crippen LogP contribution in [0.2, 0.25) is 0 Å². The summed E-state index contributed by atoms with van der Waals surface area (Å²) in [6, 6.07) is 0. The van der Waals surface area contributed by atoms with E-state index >= 15 is 4.39 Å². The first-order chi connectivity index (χ1) is 13.2. The molecule has 156 valence electrons. The summed E-state index contributed by atoms with van der Waals surface area (Å²) in [6.45, 7) is 6.44. The smallest absolute Gasteiger partial charge is 0.178 e. The van der Waals surface area contributed by atoms with Crippen molar-refractivity contribution >= 4 is 29.3 Å². The molecule has 0 heterocycles. The largest absolute Gasteiger partial charge is 0.390 e. The third-order valence-corrected chi connectivity index (χ3v) is 12.5. The summed E-state index contributed by atoms with van der Waals surface area (Å²) < 4.78 is 17.1. The molecule has 2 nitrogen and oxygen atoms in total. The van der Waals surface area contributed by atoms with Crippen molar-refractivity contribution in [3.8, 4) is 0 Å². The number of thioether (sulfide) groups is 2. The second-order valence-electron chi connectivity index (χ2n) is 9.61. The van der Waals surface area contributed by atoms with E-state index in [4.69, 9.17) is 0 Å². The maximum Gasteiger partial charge on any atom is 0.178 e. The molecule has 0 bridgehead atoms.